The molecule has 0 radical (unpaired) electrons. The van der Waals surface area contributed by atoms with Crippen LogP contribution in [0.2, 0.25) is 0 Å². The summed E-state index contributed by atoms with van der Waals surface area (Å²) in [5.74, 6) is 0.986. The van der Waals surface area contributed by atoms with Gasteiger partial charge in [0.05, 0.1) is 19.1 Å². The molecule has 0 unspecified atom stereocenters. The summed E-state index contributed by atoms with van der Waals surface area (Å²) in [5, 5.41) is 0.520. The molecule has 0 bridgehead atoms. The lowest BCUT2D eigenvalue weighted by Gasteiger charge is -2.21. The third kappa shape index (κ3) is 5.33. The Balaban J connectivity index is 2.02. The summed E-state index contributed by atoms with van der Waals surface area (Å²) in [7, 11) is 6.47. The summed E-state index contributed by atoms with van der Waals surface area (Å²) in [6.45, 7) is 1.24. The minimum atomic E-state index is -3.58. The number of amides is 1. The van der Waals surface area contributed by atoms with E-state index in [0.29, 0.717) is 34.3 Å². The van der Waals surface area contributed by atoms with Gasteiger partial charge in [0, 0.05) is 26.2 Å². The van der Waals surface area contributed by atoms with E-state index in [4.69, 9.17) is 14.5 Å². The van der Waals surface area contributed by atoms with Crippen LogP contribution in [0.15, 0.2) is 41.3 Å². The number of nitrogens with zero attached hydrogens (tertiary/aromatic N) is 4. The highest BCUT2D eigenvalue weighted by atomic mass is 32.2. The summed E-state index contributed by atoms with van der Waals surface area (Å²) < 4.78 is 37.6. The molecule has 0 saturated heterocycles. The molecule has 3 rings (SSSR count). The highest BCUT2D eigenvalue weighted by Gasteiger charge is 2.24. The number of benzene rings is 2. The zero-order valence-electron chi connectivity index (χ0n) is 20.2. The number of rotatable bonds is 10. The van der Waals surface area contributed by atoms with Crippen molar-refractivity contribution in [2.24, 2.45) is 0 Å². The van der Waals surface area contributed by atoms with Crippen LogP contribution in [0.3, 0.4) is 0 Å². The maximum Gasteiger partial charge on any atom is 0.260 e. The first-order valence-electron chi connectivity index (χ1n) is 10.6. The van der Waals surface area contributed by atoms with Gasteiger partial charge in [0.1, 0.15) is 21.7 Å². The van der Waals surface area contributed by atoms with Crippen molar-refractivity contribution in [1.82, 2.24) is 14.2 Å². The van der Waals surface area contributed by atoms with Crippen LogP contribution in [0, 0.1) is 0 Å². The molecule has 0 N–H and O–H groups in total. The van der Waals surface area contributed by atoms with Gasteiger partial charge in [-0.25, -0.2) is 17.7 Å². The zero-order valence-corrected chi connectivity index (χ0v) is 21.9. The van der Waals surface area contributed by atoms with Crippen LogP contribution in [0.5, 0.6) is 11.5 Å². The minimum absolute atomic E-state index is 0.127. The van der Waals surface area contributed by atoms with Crippen molar-refractivity contribution in [3.63, 3.8) is 0 Å². The summed E-state index contributed by atoms with van der Waals surface area (Å²) in [5.41, 5.74) is 1.00. The number of ether oxygens (including phenoxy) is 2. The second-order valence-corrected chi connectivity index (χ2v) is 11.2. The van der Waals surface area contributed by atoms with Gasteiger partial charge in [-0.2, -0.15) is 0 Å². The SMILES string of the molecule is COc1ccc(OC)c2sc(N(CCCN(C)C)C(=O)c3ccc(S(=O)(=O)N(C)C)cc3)nc12. The van der Waals surface area contributed by atoms with Gasteiger partial charge in [-0.3, -0.25) is 9.69 Å². The first-order chi connectivity index (χ1) is 16.1. The molecule has 3 aromatic rings. The lowest BCUT2D eigenvalue weighted by atomic mass is 10.2. The highest BCUT2D eigenvalue weighted by molar-refractivity contribution is 7.89. The molecule has 0 saturated carbocycles. The molecule has 9 nitrogen and oxygen atoms in total. The van der Waals surface area contributed by atoms with E-state index in [2.05, 4.69) is 0 Å². The first kappa shape index (κ1) is 25.9. The van der Waals surface area contributed by atoms with E-state index in [1.165, 1.54) is 49.7 Å². The molecule has 2 aromatic carbocycles. The van der Waals surface area contributed by atoms with Crippen LogP contribution in [0.25, 0.3) is 10.2 Å². The van der Waals surface area contributed by atoms with E-state index >= 15 is 0 Å². The number of carbonyl (C=O) groups excluding carboxylic acids is 1. The molecule has 184 valence electrons. The Kier molecular flexibility index (Phi) is 8.13. The lowest BCUT2D eigenvalue weighted by molar-refractivity contribution is 0.0986. The fraction of sp³-hybridized carbons (Fsp3) is 0.391. The van der Waals surface area contributed by atoms with E-state index in [1.54, 1.807) is 25.2 Å². The average Bonchev–Trinajstić information content (AvgIpc) is 3.25. The van der Waals surface area contributed by atoms with E-state index in [1.807, 2.05) is 25.1 Å². The van der Waals surface area contributed by atoms with Crippen molar-refractivity contribution in [3.8, 4) is 11.5 Å². The molecular formula is C23H30N4O5S2. The van der Waals surface area contributed by atoms with Crippen molar-refractivity contribution in [2.45, 2.75) is 11.3 Å². The van der Waals surface area contributed by atoms with Gasteiger partial charge >= 0.3 is 0 Å². The molecule has 0 aliphatic carbocycles. The predicted molar refractivity (Wildman–Crippen MR) is 135 cm³/mol. The quantitative estimate of drug-likeness (QED) is 0.417. The van der Waals surface area contributed by atoms with Gasteiger partial charge in [-0.15, -0.1) is 0 Å². The molecule has 1 amide bonds. The number of hydrogen-bond donors (Lipinski definition) is 0. The van der Waals surface area contributed by atoms with Crippen molar-refractivity contribution >= 4 is 42.6 Å². The maximum atomic E-state index is 13.6. The molecule has 0 atom stereocenters. The largest absolute Gasteiger partial charge is 0.495 e. The van der Waals surface area contributed by atoms with Crippen LogP contribution < -0.4 is 14.4 Å². The minimum Gasteiger partial charge on any atom is -0.495 e. The molecule has 0 spiro atoms. The van der Waals surface area contributed by atoms with Gasteiger partial charge in [0.2, 0.25) is 10.0 Å². The lowest BCUT2D eigenvalue weighted by Crippen LogP contribution is -2.33. The number of hydrogen-bond acceptors (Lipinski definition) is 8. The summed E-state index contributed by atoms with van der Waals surface area (Å²) in [6.07, 6.45) is 0.732. The number of anilines is 1. The second kappa shape index (κ2) is 10.7. The van der Waals surface area contributed by atoms with Crippen molar-refractivity contribution < 1.29 is 22.7 Å². The van der Waals surface area contributed by atoms with Crippen LogP contribution in [0.1, 0.15) is 16.8 Å². The van der Waals surface area contributed by atoms with E-state index in [-0.39, 0.29) is 10.8 Å². The molecule has 1 heterocycles. The average molecular weight is 507 g/mol. The van der Waals surface area contributed by atoms with Gasteiger partial charge in [-0.05, 0) is 63.5 Å². The standard InChI is InChI=1S/C23H30N4O5S2/c1-25(2)14-7-15-27(22(28)16-8-10-17(11-9-16)34(29,30)26(3)4)23-24-20-18(31-5)12-13-19(32-6)21(20)33-23/h8-13H,7,14-15H2,1-6H3. The molecule has 0 aliphatic heterocycles. The number of carbonyl (C=O) groups is 1. The molecule has 0 aliphatic rings. The Morgan fingerprint density at radius 2 is 1.56 bits per heavy atom. The molecule has 1 aromatic heterocycles. The first-order valence-corrected chi connectivity index (χ1v) is 12.9. The fourth-order valence-corrected chi connectivity index (χ4v) is 5.36. The monoisotopic (exact) mass is 506 g/mol. The third-order valence-corrected chi connectivity index (χ3v) is 8.16. The van der Waals surface area contributed by atoms with Gasteiger partial charge < -0.3 is 14.4 Å². The maximum absolute atomic E-state index is 13.6. The third-order valence-electron chi connectivity index (χ3n) is 5.24. The van der Waals surface area contributed by atoms with Crippen molar-refractivity contribution in [2.75, 3.05) is 60.4 Å². The number of thiazole rings is 1. The molecular weight excluding hydrogens is 476 g/mol. The van der Waals surface area contributed by atoms with E-state index < -0.39 is 10.0 Å². The van der Waals surface area contributed by atoms with Gasteiger partial charge in [-0.1, -0.05) is 11.3 Å². The molecule has 34 heavy (non-hydrogen) atoms. The van der Waals surface area contributed by atoms with E-state index in [9.17, 15) is 13.2 Å². The Morgan fingerprint density at radius 3 is 2.12 bits per heavy atom. The second-order valence-electron chi connectivity index (χ2n) is 8.07. The fourth-order valence-electron chi connectivity index (χ4n) is 3.35. The predicted octanol–water partition coefficient (Wildman–Crippen LogP) is 3.16. The number of sulfonamides is 1. The normalized spacial score (nSPS) is 11.9. The van der Waals surface area contributed by atoms with E-state index in [0.717, 1.165) is 22.0 Å². The summed E-state index contributed by atoms with van der Waals surface area (Å²) in [6, 6.07) is 9.56. The van der Waals surface area contributed by atoms with Gasteiger partial charge in [0.25, 0.3) is 5.91 Å². The Hall–Kier alpha value is -2.73. The Bertz CT molecular complexity index is 1210. The topological polar surface area (TPSA) is 92.3 Å². The van der Waals surface area contributed by atoms with Crippen LogP contribution >= 0.6 is 11.3 Å². The van der Waals surface area contributed by atoms with Crippen LogP contribution in [0.4, 0.5) is 5.13 Å². The van der Waals surface area contributed by atoms with Crippen LogP contribution in [-0.2, 0) is 10.0 Å². The Labute approximate surface area is 204 Å². The highest BCUT2D eigenvalue weighted by Crippen LogP contribution is 2.40. The molecule has 0 fully saturated rings. The van der Waals surface area contributed by atoms with Gasteiger partial charge in [0.15, 0.2) is 5.13 Å². The molecule has 11 heteroatoms. The summed E-state index contributed by atoms with van der Waals surface area (Å²) >= 11 is 1.35. The number of methoxy groups -OCH3 is 2. The number of fused-ring (bicyclic) bond motifs is 1. The smallest absolute Gasteiger partial charge is 0.260 e. The zero-order chi connectivity index (χ0) is 25.0. The number of aromatic nitrogens is 1. The van der Waals surface area contributed by atoms with Crippen molar-refractivity contribution in [3.05, 3.63) is 42.0 Å². The summed E-state index contributed by atoms with van der Waals surface area (Å²) in [4.78, 5) is 22.1. The van der Waals surface area contributed by atoms with Crippen molar-refractivity contribution in [1.29, 1.82) is 0 Å². The van der Waals surface area contributed by atoms with Crippen LogP contribution in [-0.4, -0.2) is 84.0 Å². The Morgan fingerprint density at radius 1 is 0.941 bits per heavy atom.